The summed E-state index contributed by atoms with van der Waals surface area (Å²) in [6, 6.07) is 0.370. The van der Waals surface area contributed by atoms with Crippen LogP contribution in [0.25, 0.3) is 0 Å². The van der Waals surface area contributed by atoms with Crippen molar-refractivity contribution in [1.29, 1.82) is 0 Å². The number of nitrogens with zero attached hydrogens (tertiary/aromatic N) is 1. The van der Waals surface area contributed by atoms with Gasteiger partial charge in [-0.25, -0.2) is 0 Å². The van der Waals surface area contributed by atoms with E-state index in [9.17, 15) is 4.79 Å². The van der Waals surface area contributed by atoms with Crippen LogP contribution in [0.15, 0.2) is 0 Å². The number of carbonyl (C=O) groups is 1. The van der Waals surface area contributed by atoms with Gasteiger partial charge in [-0.3, -0.25) is 4.79 Å². The molecule has 2 aliphatic rings. The van der Waals surface area contributed by atoms with Gasteiger partial charge in [-0.1, -0.05) is 6.92 Å². The normalized spacial score (nSPS) is 32.1. The Morgan fingerprint density at radius 3 is 2.71 bits per heavy atom. The standard InChI is InChI=1S/C13H24N2O2/c1-10-4-5-11(2)15(6-10)12(16)7-17-13(3)8-14-9-13/h10-11,14H,4-9H2,1-3H3. The number of ether oxygens (including phenoxy) is 1. The van der Waals surface area contributed by atoms with Crippen LogP contribution >= 0.6 is 0 Å². The van der Waals surface area contributed by atoms with Crippen LogP contribution in [0.1, 0.15) is 33.6 Å². The molecule has 0 radical (unpaired) electrons. The molecule has 0 spiro atoms. The topological polar surface area (TPSA) is 41.6 Å². The van der Waals surface area contributed by atoms with Crippen molar-refractivity contribution in [2.24, 2.45) is 5.92 Å². The molecule has 17 heavy (non-hydrogen) atoms. The van der Waals surface area contributed by atoms with Crippen LogP contribution in [0.5, 0.6) is 0 Å². The second kappa shape index (κ2) is 4.94. The quantitative estimate of drug-likeness (QED) is 0.800. The van der Waals surface area contributed by atoms with Gasteiger partial charge in [0.05, 0.1) is 5.60 Å². The SMILES string of the molecule is CC1CCC(C)N(C(=O)COC2(C)CNC2)C1. The predicted molar refractivity (Wildman–Crippen MR) is 66.8 cm³/mol. The van der Waals surface area contributed by atoms with E-state index in [1.807, 2.05) is 4.90 Å². The first-order valence-electron chi connectivity index (χ1n) is 6.64. The third kappa shape index (κ3) is 2.99. The Labute approximate surface area is 104 Å². The number of hydrogen-bond acceptors (Lipinski definition) is 3. The zero-order chi connectivity index (χ0) is 12.5. The molecule has 0 saturated carbocycles. The summed E-state index contributed by atoms with van der Waals surface area (Å²) >= 11 is 0. The van der Waals surface area contributed by atoms with Crippen molar-refractivity contribution in [3.8, 4) is 0 Å². The maximum Gasteiger partial charge on any atom is 0.248 e. The average Bonchev–Trinajstić information content (AvgIpc) is 2.26. The number of carbonyl (C=O) groups excluding carboxylic acids is 1. The van der Waals surface area contributed by atoms with E-state index in [4.69, 9.17) is 4.74 Å². The third-order valence-corrected chi connectivity index (χ3v) is 3.98. The number of nitrogens with one attached hydrogen (secondary N) is 1. The highest BCUT2D eigenvalue weighted by Crippen LogP contribution is 2.22. The van der Waals surface area contributed by atoms with Crippen LogP contribution in [0.3, 0.4) is 0 Å². The van der Waals surface area contributed by atoms with Crippen molar-refractivity contribution < 1.29 is 9.53 Å². The van der Waals surface area contributed by atoms with E-state index in [1.54, 1.807) is 0 Å². The number of amides is 1. The van der Waals surface area contributed by atoms with Gasteiger partial charge in [0.25, 0.3) is 0 Å². The van der Waals surface area contributed by atoms with E-state index in [-0.39, 0.29) is 18.1 Å². The predicted octanol–water partition coefficient (Wildman–Crippen LogP) is 1.01. The largest absolute Gasteiger partial charge is 0.363 e. The van der Waals surface area contributed by atoms with Gasteiger partial charge in [0.1, 0.15) is 6.61 Å². The smallest absolute Gasteiger partial charge is 0.248 e. The van der Waals surface area contributed by atoms with Gasteiger partial charge in [-0.2, -0.15) is 0 Å². The molecular formula is C13H24N2O2. The number of piperidine rings is 1. The molecule has 2 fully saturated rings. The number of rotatable bonds is 3. The third-order valence-electron chi connectivity index (χ3n) is 3.98. The van der Waals surface area contributed by atoms with Crippen molar-refractivity contribution in [2.75, 3.05) is 26.2 Å². The van der Waals surface area contributed by atoms with Gasteiger partial charge in [-0.05, 0) is 32.6 Å². The molecule has 2 aliphatic heterocycles. The average molecular weight is 240 g/mol. The van der Waals surface area contributed by atoms with Gasteiger partial charge in [0.15, 0.2) is 0 Å². The Balaban J connectivity index is 1.81. The van der Waals surface area contributed by atoms with Crippen molar-refractivity contribution in [3.05, 3.63) is 0 Å². The minimum absolute atomic E-state index is 0.125. The molecule has 2 rings (SSSR count). The van der Waals surface area contributed by atoms with E-state index in [1.165, 1.54) is 6.42 Å². The molecule has 0 aliphatic carbocycles. The lowest BCUT2D eigenvalue weighted by Gasteiger charge is -2.41. The van der Waals surface area contributed by atoms with Gasteiger partial charge >= 0.3 is 0 Å². The summed E-state index contributed by atoms with van der Waals surface area (Å²) in [5.74, 6) is 0.772. The molecule has 4 nitrogen and oxygen atoms in total. The molecule has 1 amide bonds. The van der Waals surface area contributed by atoms with Crippen LogP contribution in [0, 0.1) is 5.92 Å². The van der Waals surface area contributed by atoms with E-state index in [0.29, 0.717) is 12.0 Å². The Morgan fingerprint density at radius 2 is 2.12 bits per heavy atom. The lowest BCUT2D eigenvalue weighted by atomic mass is 9.95. The van der Waals surface area contributed by atoms with Crippen LogP contribution in [0.2, 0.25) is 0 Å². The zero-order valence-corrected chi connectivity index (χ0v) is 11.2. The second-order valence-electron chi connectivity index (χ2n) is 5.92. The molecule has 2 heterocycles. The van der Waals surface area contributed by atoms with E-state index >= 15 is 0 Å². The summed E-state index contributed by atoms with van der Waals surface area (Å²) in [6.07, 6.45) is 2.35. The highest BCUT2D eigenvalue weighted by molar-refractivity contribution is 5.78. The number of hydrogen-bond donors (Lipinski definition) is 1. The fraction of sp³-hybridized carbons (Fsp3) is 0.923. The van der Waals surface area contributed by atoms with Crippen molar-refractivity contribution >= 4 is 5.91 Å². The molecule has 2 saturated heterocycles. The van der Waals surface area contributed by atoms with E-state index < -0.39 is 0 Å². The molecule has 98 valence electrons. The van der Waals surface area contributed by atoms with Gasteiger partial charge in [0.2, 0.25) is 5.91 Å². The Morgan fingerprint density at radius 1 is 1.41 bits per heavy atom. The minimum Gasteiger partial charge on any atom is -0.363 e. The monoisotopic (exact) mass is 240 g/mol. The molecule has 0 bridgehead atoms. The van der Waals surface area contributed by atoms with Gasteiger partial charge in [-0.15, -0.1) is 0 Å². The fourth-order valence-electron chi connectivity index (χ4n) is 2.53. The summed E-state index contributed by atoms with van der Waals surface area (Å²) in [7, 11) is 0. The maximum atomic E-state index is 12.1. The molecule has 4 heteroatoms. The lowest BCUT2D eigenvalue weighted by molar-refractivity contribution is -0.150. The Kier molecular flexibility index (Phi) is 3.73. The zero-order valence-electron chi connectivity index (χ0n) is 11.2. The van der Waals surface area contributed by atoms with Gasteiger partial charge in [0, 0.05) is 25.7 Å². The molecule has 0 aromatic rings. The molecule has 1 N–H and O–H groups in total. The summed E-state index contributed by atoms with van der Waals surface area (Å²) in [6.45, 7) is 9.23. The molecular weight excluding hydrogens is 216 g/mol. The first-order chi connectivity index (χ1) is 8.00. The Bertz CT molecular complexity index is 289. The fourth-order valence-corrected chi connectivity index (χ4v) is 2.53. The highest BCUT2D eigenvalue weighted by atomic mass is 16.5. The van der Waals surface area contributed by atoms with Crippen molar-refractivity contribution in [3.63, 3.8) is 0 Å². The highest BCUT2D eigenvalue weighted by Gasteiger charge is 2.34. The van der Waals surface area contributed by atoms with Crippen LogP contribution in [-0.2, 0) is 9.53 Å². The summed E-state index contributed by atoms with van der Waals surface area (Å²) in [5, 5.41) is 3.17. The van der Waals surface area contributed by atoms with E-state index in [2.05, 4.69) is 26.1 Å². The first-order valence-corrected chi connectivity index (χ1v) is 6.64. The van der Waals surface area contributed by atoms with Crippen LogP contribution < -0.4 is 5.32 Å². The Hall–Kier alpha value is -0.610. The minimum atomic E-state index is -0.125. The van der Waals surface area contributed by atoms with E-state index in [0.717, 1.165) is 26.1 Å². The van der Waals surface area contributed by atoms with Gasteiger partial charge < -0.3 is 15.0 Å². The maximum absolute atomic E-state index is 12.1. The summed E-state index contributed by atoms with van der Waals surface area (Å²) < 4.78 is 5.71. The summed E-state index contributed by atoms with van der Waals surface area (Å²) in [4.78, 5) is 14.1. The second-order valence-corrected chi connectivity index (χ2v) is 5.92. The lowest BCUT2D eigenvalue weighted by Crippen LogP contribution is -2.60. The molecule has 0 aromatic heterocycles. The molecule has 2 atom stereocenters. The van der Waals surface area contributed by atoms with Crippen LogP contribution in [0.4, 0.5) is 0 Å². The first kappa shape index (κ1) is 12.8. The van der Waals surface area contributed by atoms with Crippen LogP contribution in [-0.4, -0.2) is 48.7 Å². The van der Waals surface area contributed by atoms with Crippen molar-refractivity contribution in [2.45, 2.75) is 45.3 Å². The molecule has 2 unspecified atom stereocenters. The summed E-state index contributed by atoms with van der Waals surface area (Å²) in [5.41, 5.74) is -0.125. The number of likely N-dealkylation sites (tertiary alicyclic amines) is 1. The molecule has 0 aromatic carbocycles. The van der Waals surface area contributed by atoms with Crippen molar-refractivity contribution in [1.82, 2.24) is 10.2 Å².